The molecule has 0 spiro atoms. The minimum Gasteiger partial charge on any atom is -0.456 e. The summed E-state index contributed by atoms with van der Waals surface area (Å²) in [7, 11) is 0. The number of amides is 1. The number of hydrogen-bond acceptors (Lipinski definition) is 7. The van der Waals surface area contributed by atoms with Crippen molar-refractivity contribution in [2.45, 2.75) is 34.3 Å². The van der Waals surface area contributed by atoms with E-state index < -0.39 is 5.97 Å². The Bertz CT molecular complexity index is 1290. The number of hydrogen-bond donors (Lipinski definition) is 0. The predicted octanol–water partition coefficient (Wildman–Crippen LogP) is 4.15. The minimum absolute atomic E-state index is 0.00710. The molecule has 4 aromatic rings. The van der Waals surface area contributed by atoms with Gasteiger partial charge in [0, 0.05) is 18.5 Å². The molecule has 3 heterocycles. The van der Waals surface area contributed by atoms with Gasteiger partial charge in [0.2, 0.25) is 5.91 Å². The Morgan fingerprint density at radius 2 is 1.94 bits per heavy atom. The molecule has 1 aromatic carbocycles. The van der Waals surface area contributed by atoms with Gasteiger partial charge in [-0.15, -0.1) is 21.5 Å². The van der Waals surface area contributed by atoms with E-state index in [1.807, 2.05) is 39.0 Å². The van der Waals surface area contributed by atoms with E-state index in [1.54, 1.807) is 33.0 Å². The number of carbonyl (C=O) groups excluding carboxylic acids is 2. The van der Waals surface area contributed by atoms with Crippen molar-refractivity contribution in [1.29, 1.82) is 0 Å². The van der Waals surface area contributed by atoms with Gasteiger partial charge in [-0.2, -0.15) is 0 Å². The van der Waals surface area contributed by atoms with Gasteiger partial charge >= 0.3 is 5.97 Å². The van der Waals surface area contributed by atoms with E-state index in [-0.39, 0.29) is 12.5 Å². The molecule has 0 unspecified atom stereocenters. The second-order valence-electron chi connectivity index (χ2n) is 7.24. The molecular weight excluding hydrogens is 414 g/mol. The molecular formula is C22H21N5O3S. The third-order valence-corrected chi connectivity index (χ3v) is 5.67. The van der Waals surface area contributed by atoms with Crippen LogP contribution >= 0.6 is 11.3 Å². The molecule has 0 bridgehead atoms. The Kier molecular flexibility index (Phi) is 5.51. The molecule has 0 radical (unpaired) electrons. The highest BCUT2D eigenvalue weighted by Gasteiger charge is 2.20. The summed E-state index contributed by atoms with van der Waals surface area (Å²) in [5, 5.41) is 10.3. The van der Waals surface area contributed by atoms with Crippen LogP contribution in [0.4, 0.5) is 10.8 Å². The van der Waals surface area contributed by atoms with Crippen LogP contribution < -0.4 is 4.90 Å². The van der Waals surface area contributed by atoms with E-state index in [2.05, 4.69) is 15.2 Å². The SMILES string of the molecule is CC(=O)N(c1nc(COC(=O)c2ccc3nnc(C)n3c2)cs1)c1ccc(C)cc1C. The number of carbonyl (C=O) groups is 2. The second-order valence-corrected chi connectivity index (χ2v) is 8.07. The van der Waals surface area contributed by atoms with Crippen LogP contribution in [0.1, 0.15) is 39.9 Å². The number of ether oxygens (including phenoxy) is 1. The van der Waals surface area contributed by atoms with Crippen molar-refractivity contribution in [2.75, 3.05) is 4.90 Å². The molecule has 0 aliphatic rings. The summed E-state index contributed by atoms with van der Waals surface area (Å²) in [6.45, 7) is 7.29. The standard InChI is InChI=1S/C22H21N5O3S/c1-13-5-7-19(14(2)9-13)27(16(4)28)22-23-18(12-31-22)11-30-21(29)17-6-8-20-25-24-15(3)26(20)10-17/h5-10,12H,11H2,1-4H3. The summed E-state index contributed by atoms with van der Waals surface area (Å²) in [6.07, 6.45) is 1.65. The Balaban J connectivity index is 1.50. The third kappa shape index (κ3) is 4.17. The molecule has 8 nitrogen and oxygen atoms in total. The first kappa shape index (κ1) is 20.7. The van der Waals surface area contributed by atoms with E-state index >= 15 is 0 Å². The molecule has 0 saturated carbocycles. The van der Waals surface area contributed by atoms with Crippen LogP contribution in [0.2, 0.25) is 0 Å². The van der Waals surface area contributed by atoms with Crippen LogP contribution in [0.3, 0.4) is 0 Å². The quantitative estimate of drug-likeness (QED) is 0.438. The average Bonchev–Trinajstić information content (AvgIpc) is 3.34. The van der Waals surface area contributed by atoms with Crippen molar-refractivity contribution in [3.05, 3.63) is 70.1 Å². The number of pyridine rings is 1. The molecule has 158 valence electrons. The smallest absolute Gasteiger partial charge is 0.340 e. The van der Waals surface area contributed by atoms with Gasteiger partial charge in [-0.1, -0.05) is 17.7 Å². The first-order valence-electron chi connectivity index (χ1n) is 9.64. The van der Waals surface area contributed by atoms with Gasteiger partial charge < -0.3 is 4.74 Å². The van der Waals surface area contributed by atoms with Crippen molar-refractivity contribution in [3.63, 3.8) is 0 Å². The largest absolute Gasteiger partial charge is 0.456 e. The van der Waals surface area contributed by atoms with Crippen molar-refractivity contribution in [3.8, 4) is 0 Å². The summed E-state index contributed by atoms with van der Waals surface area (Å²) in [5.41, 5.74) is 4.52. The van der Waals surface area contributed by atoms with Crippen molar-refractivity contribution in [2.24, 2.45) is 0 Å². The number of fused-ring (bicyclic) bond motifs is 1. The zero-order valence-corrected chi connectivity index (χ0v) is 18.4. The Labute approximate surface area is 183 Å². The summed E-state index contributed by atoms with van der Waals surface area (Å²) >= 11 is 1.33. The Morgan fingerprint density at radius 1 is 1.13 bits per heavy atom. The molecule has 0 atom stereocenters. The lowest BCUT2D eigenvalue weighted by Crippen LogP contribution is -2.23. The van der Waals surface area contributed by atoms with E-state index in [1.165, 1.54) is 18.3 Å². The number of aromatic nitrogens is 4. The van der Waals surface area contributed by atoms with Gasteiger partial charge in [-0.3, -0.25) is 14.1 Å². The number of aryl methyl sites for hydroxylation is 3. The van der Waals surface area contributed by atoms with Gasteiger partial charge in [-0.25, -0.2) is 9.78 Å². The fourth-order valence-electron chi connectivity index (χ4n) is 3.28. The van der Waals surface area contributed by atoms with Gasteiger partial charge in [-0.05, 0) is 44.5 Å². The molecule has 4 rings (SSSR count). The Morgan fingerprint density at radius 3 is 2.68 bits per heavy atom. The molecule has 31 heavy (non-hydrogen) atoms. The lowest BCUT2D eigenvalue weighted by Gasteiger charge is -2.20. The van der Waals surface area contributed by atoms with E-state index in [0.29, 0.717) is 27.9 Å². The Hall–Kier alpha value is -3.59. The van der Waals surface area contributed by atoms with E-state index in [9.17, 15) is 9.59 Å². The van der Waals surface area contributed by atoms with Gasteiger partial charge in [0.25, 0.3) is 0 Å². The van der Waals surface area contributed by atoms with Crippen molar-refractivity contribution in [1.82, 2.24) is 19.6 Å². The first-order chi connectivity index (χ1) is 14.8. The number of esters is 1. The molecule has 0 saturated heterocycles. The number of anilines is 2. The fraction of sp³-hybridized carbons (Fsp3) is 0.227. The van der Waals surface area contributed by atoms with E-state index in [4.69, 9.17) is 4.74 Å². The predicted molar refractivity (Wildman–Crippen MR) is 118 cm³/mol. The maximum atomic E-state index is 12.5. The van der Waals surface area contributed by atoms with Gasteiger partial charge in [0.1, 0.15) is 12.4 Å². The summed E-state index contributed by atoms with van der Waals surface area (Å²) in [4.78, 5) is 30.9. The van der Waals surface area contributed by atoms with Crippen LogP contribution in [0.15, 0.2) is 41.9 Å². The number of benzene rings is 1. The number of rotatable bonds is 5. The van der Waals surface area contributed by atoms with Crippen molar-refractivity contribution >= 4 is 39.7 Å². The van der Waals surface area contributed by atoms with Crippen LogP contribution in [-0.4, -0.2) is 31.5 Å². The molecule has 0 fully saturated rings. The van der Waals surface area contributed by atoms with E-state index in [0.717, 1.165) is 16.8 Å². The third-order valence-electron chi connectivity index (χ3n) is 4.80. The molecule has 0 N–H and O–H groups in total. The van der Waals surface area contributed by atoms with Gasteiger partial charge in [0.05, 0.1) is 16.9 Å². The maximum absolute atomic E-state index is 12.5. The zero-order chi connectivity index (χ0) is 22.1. The zero-order valence-electron chi connectivity index (χ0n) is 17.6. The molecule has 0 aliphatic carbocycles. The molecule has 1 amide bonds. The van der Waals surface area contributed by atoms with Crippen molar-refractivity contribution < 1.29 is 14.3 Å². The van der Waals surface area contributed by atoms with Gasteiger partial charge in [0.15, 0.2) is 10.8 Å². The summed E-state index contributed by atoms with van der Waals surface area (Å²) in [5.74, 6) is 0.0781. The highest BCUT2D eigenvalue weighted by molar-refractivity contribution is 7.14. The van der Waals surface area contributed by atoms with Crippen LogP contribution in [0, 0.1) is 20.8 Å². The molecule has 3 aromatic heterocycles. The number of nitrogens with zero attached hydrogens (tertiary/aromatic N) is 5. The van der Waals surface area contributed by atoms with Crippen LogP contribution in [0.5, 0.6) is 0 Å². The topological polar surface area (TPSA) is 89.7 Å². The summed E-state index contributed by atoms with van der Waals surface area (Å²) < 4.78 is 7.15. The summed E-state index contributed by atoms with van der Waals surface area (Å²) in [6, 6.07) is 9.26. The minimum atomic E-state index is -0.470. The highest BCUT2D eigenvalue weighted by atomic mass is 32.1. The number of thiazole rings is 1. The normalized spacial score (nSPS) is 11.0. The van der Waals surface area contributed by atoms with Crippen LogP contribution in [0.25, 0.3) is 5.65 Å². The highest BCUT2D eigenvalue weighted by Crippen LogP contribution is 2.32. The second kappa shape index (κ2) is 8.27. The monoisotopic (exact) mass is 435 g/mol. The average molecular weight is 436 g/mol. The molecule has 9 heteroatoms. The molecule has 0 aliphatic heterocycles. The lowest BCUT2D eigenvalue weighted by atomic mass is 10.1. The lowest BCUT2D eigenvalue weighted by molar-refractivity contribution is -0.115. The fourth-order valence-corrected chi connectivity index (χ4v) is 4.14. The first-order valence-corrected chi connectivity index (χ1v) is 10.5. The maximum Gasteiger partial charge on any atom is 0.340 e. The van der Waals surface area contributed by atoms with Crippen LogP contribution in [-0.2, 0) is 16.1 Å².